The number of hydrogen-bond acceptors (Lipinski definition) is 4. The molecule has 80 valence electrons. The Morgan fingerprint density at radius 3 is 3.07 bits per heavy atom. The van der Waals surface area contributed by atoms with Crippen LogP contribution >= 0.6 is 0 Å². The number of anilines is 1. The third kappa shape index (κ3) is 2.24. The zero-order chi connectivity index (χ0) is 10.7. The molecule has 0 spiro atoms. The van der Waals surface area contributed by atoms with Crippen LogP contribution in [0.25, 0.3) is 11.2 Å². The van der Waals surface area contributed by atoms with Gasteiger partial charge in [-0.2, -0.15) is 0 Å². The molecule has 5 heteroatoms. The first-order chi connectivity index (χ1) is 7.29. The molecular formula is C10H14N4O. The summed E-state index contributed by atoms with van der Waals surface area (Å²) in [6.45, 7) is 3.37. The molecular weight excluding hydrogens is 192 g/mol. The Morgan fingerprint density at radius 1 is 1.40 bits per heavy atom. The first-order valence-electron chi connectivity index (χ1n) is 4.98. The lowest BCUT2D eigenvalue weighted by Gasteiger charge is -1.96. The van der Waals surface area contributed by atoms with Gasteiger partial charge in [0, 0.05) is 13.0 Å². The summed E-state index contributed by atoms with van der Waals surface area (Å²) >= 11 is 0. The van der Waals surface area contributed by atoms with Gasteiger partial charge in [-0.3, -0.25) is 0 Å². The number of aromatic amines is 1. The van der Waals surface area contributed by atoms with E-state index in [2.05, 4.69) is 15.0 Å². The van der Waals surface area contributed by atoms with Gasteiger partial charge in [-0.15, -0.1) is 0 Å². The van der Waals surface area contributed by atoms with Gasteiger partial charge in [-0.05, 0) is 19.1 Å². The standard InChI is InChI=1S/C10H14N4O/c1-2-15-6-5-9-12-7-3-4-8(11)13-10(7)14-9/h3-4H,2,5-6H2,1H3,(H3,11,12,13,14). The molecule has 0 atom stereocenters. The van der Waals surface area contributed by atoms with E-state index < -0.39 is 0 Å². The summed E-state index contributed by atoms with van der Waals surface area (Å²) in [5, 5.41) is 0. The molecule has 0 amide bonds. The van der Waals surface area contributed by atoms with Gasteiger partial charge in [0.05, 0.1) is 12.1 Å². The topological polar surface area (TPSA) is 76.8 Å². The third-order valence-electron chi connectivity index (χ3n) is 2.10. The Labute approximate surface area is 87.7 Å². The van der Waals surface area contributed by atoms with E-state index >= 15 is 0 Å². The molecule has 5 nitrogen and oxygen atoms in total. The minimum absolute atomic E-state index is 0.491. The first kappa shape index (κ1) is 9.92. The average Bonchev–Trinajstić information content (AvgIpc) is 2.60. The normalized spacial score (nSPS) is 11.0. The molecule has 3 N–H and O–H groups in total. The van der Waals surface area contributed by atoms with Crippen LogP contribution in [-0.4, -0.2) is 28.2 Å². The second-order valence-electron chi connectivity index (χ2n) is 3.24. The highest BCUT2D eigenvalue weighted by Crippen LogP contribution is 2.10. The Morgan fingerprint density at radius 2 is 2.27 bits per heavy atom. The van der Waals surface area contributed by atoms with Crippen molar-refractivity contribution in [2.45, 2.75) is 13.3 Å². The van der Waals surface area contributed by atoms with Crippen LogP contribution < -0.4 is 5.73 Å². The van der Waals surface area contributed by atoms with E-state index in [0.717, 1.165) is 24.4 Å². The molecule has 2 rings (SSSR count). The van der Waals surface area contributed by atoms with Crippen LogP contribution in [0.4, 0.5) is 5.82 Å². The predicted octanol–water partition coefficient (Wildman–Crippen LogP) is 1.12. The highest BCUT2D eigenvalue weighted by Gasteiger charge is 2.03. The van der Waals surface area contributed by atoms with Crippen LogP contribution in [0, 0.1) is 0 Å². The molecule has 0 unspecified atom stereocenters. The van der Waals surface area contributed by atoms with E-state index in [1.807, 2.05) is 13.0 Å². The van der Waals surface area contributed by atoms with Crippen molar-refractivity contribution in [3.05, 3.63) is 18.0 Å². The lowest BCUT2D eigenvalue weighted by atomic mass is 10.4. The number of nitrogens with zero attached hydrogens (tertiary/aromatic N) is 2. The van der Waals surface area contributed by atoms with E-state index in [0.29, 0.717) is 18.1 Å². The third-order valence-corrected chi connectivity index (χ3v) is 2.10. The number of ether oxygens (including phenoxy) is 1. The van der Waals surface area contributed by atoms with Crippen molar-refractivity contribution in [3.63, 3.8) is 0 Å². The summed E-state index contributed by atoms with van der Waals surface area (Å²) in [5.41, 5.74) is 7.15. The Hall–Kier alpha value is -1.62. The number of aromatic nitrogens is 3. The van der Waals surface area contributed by atoms with Crippen LogP contribution in [0.3, 0.4) is 0 Å². The molecule has 2 aromatic rings. The Balaban J connectivity index is 2.16. The monoisotopic (exact) mass is 206 g/mol. The van der Waals surface area contributed by atoms with E-state index in [1.54, 1.807) is 6.07 Å². The van der Waals surface area contributed by atoms with Crippen molar-refractivity contribution in [2.24, 2.45) is 0 Å². The van der Waals surface area contributed by atoms with Crippen LogP contribution in [0.5, 0.6) is 0 Å². The molecule has 0 aliphatic heterocycles. The second-order valence-corrected chi connectivity index (χ2v) is 3.24. The van der Waals surface area contributed by atoms with Crippen molar-refractivity contribution in [1.29, 1.82) is 0 Å². The highest BCUT2D eigenvalue weighted by molar-refractivity contribution is 5.72. The molecule has 2 aromatic heterocycles. The minimum atomic E-state index is 0.491. The Bertz CT molecular complexity index is 452. The maximum absolute atomic E-state index is 5.57. The molecule has 0 saturated heterocycles. The maximum atomic E-state index is 5.57. The molecule has 0 aromatic carbocycles. The largest absolute Gasteiger partial charge is 0.384 e. The molecule has 0 bridgehead atoms. The number of H-pyrrole nitrogens is 1. The van der Waals surface area contributed by atoms with Crippen molar-refractivity contribution in [1.82, 2.24) is 15.0 Å². The number of pyridine rings is 1. The molecule has 0 fully saturated rings. The molecule has 0 aliphatic carbocycles. The van der Waals surface area contributed by atoms with Gasteiger partial charge in [-0.25, -0.2) is 9.97 Å². The number of nitrogens with one attached hydrogen (secondary N) is 1. The van der Waals surface area contributed by atoms with Gasteiger partial charge in [0.25, 0.3) is 0 Å². The fraction of sp³-hybridized carbons (Fsp3) is 0.400. The van der Waals surface area contributed by atoms with Gasteiger partial charge >= 0.3 is 0 Å². The van der Waals surface area contributed by atoms with Gasteiger partial charge in [0.1, 0.15) is 11.6 Å². The summed E-state index contributed by atoms with van der Waals surface area (Å²) < 4.78 is 5.25. The lowest BCUT2D eigenvalue weighted by molar-refractivity contribution is 0.149. The van der Waals surface area contributed by atoms with Crippen LogP contribution in [0.2, 0.25) is 0 Å². The summed E-state index contributed by atoms with van der Waals surface area (Å²) in [6, 6.07) is 3.64. The van der Waals surface area contributed by atoms with Crippen molar-refractivity contribution in [2.75, 3.05) is 18.9 Å². The van der Waals surface area contributed by atoms with E-state index in [-0.39, 0.29) is 0 Å². The molecule has 2 heterocycles. The van der Waals surface area contributed by atoms with Gasteiger partial charge in [0.15, 0.2) is 5.65 Å². The van der Waals surface area contributed by atoms with Crippen molar-refractivity contribution >= 4 is 17.0 Å². The number of rotatable bonds is 4. The zero-order valence-electron chi connectivity index (χ0n) is 8.66. The quantitative estimate of drug-likeness (QED) is 0.735. The summed E-state index contributed by atoms with van der Waals surface area (Å²) in [4.78, 5) is 11.6. The van der Waals surface area contributed by atoms with Gasteiger partial charge < -0.3 is 15.5 Å². The second kappa shape index (κ2) is 4.27. The number of nitrogens with two attached hydrogens (primary N) is 1. The number of imidazole rings is 1. The van der Waals surface area contributed by atoms with E-state index in [9.17, 15) is 0 Å². The predicted molar refractivity (Wildman–Crippen MR) is 58.5 cm³/mol. The minimum Gasteiger partial charge on any atom is -0.384 e. The van der Waals surface area contributed by atoms with Gasteiger partial charge in [-0.1, -0.05) is 0 Å². The SMILES string of the molecule is CCOCCc1nc2nc(N)ccc2[nH]1. The smallest absolute Gasteiger partial charge is 0.179 e. The summed E-state index contributed by atoms with van der Waals surface area (Å²) in [5.74, 6) is 1.38. The fourth-order valence-electron chi connectivity index (χ4n) is 1.39. The summed E-state index contributed by atoms with van der Waals surface area (Å²) in [6.07, 6.45) is 0.768. The number of fused-ring (bicyclic) bond motifs is 1. The van der Waals surface area contributed by atoms with Crippen molar-refractivity contribution < 1.29 is 4.74 Å². The van der Waals surface area contributed by atoms with Crippen molar-refractivity contribution in [3.8, 4) is 0 Å². The van der Waals surface area contributed by atoms with E-state index in [1.165, 1.54) is 0 Å². The van der Waals surface area contributed by atoms with Gasteiger partial charge in [0.2, 0.25) is 0 Å². The summed E-state index contributed by atoms with van der Waals surface area (Å²) in [7, 11) is 0. The maximum Gasteiger partial charge on any atom is 0.179 e. The number of nitrogen functional groups attached to an aromatic ring is 1. The molecule has 0 aliphatic rings. The average molecular weight is 206 g/mol. The molecule has 0 radical (unpaired) electrons. The molecule has 0 saturated carbocycles. The number of hydrogen-bond donors (Lipinski definition) is 2. The van der Waals surface area contributed by atoms with Crippen LogP contribution in [0.1, 0.15) is 12.7 Å². The fourth-order valence-corrected chi connectivity index (χ4v) is 1.39. The Kier molecular flexibility index (Phi) is 2.82. The van der Waals surface area contributed by atoms with Crippen LogP contribution in [0.15, 0.2) is 12.1 Å². The lowest BCUT2D eigenvalue weighted by Crippen LogP contribution is -1.99. The van der Waals surface area contributed by atoms with Crippen LogP contribution in [-0.2, 0) is 11.2 Å². The first-order valence-corrected chi connectivity index (χ1v) is 4.98. The zero-order valence-corrected chi connectivity index (χ0v) is 8.66. The molecule has 15 heavy (non-hydrogen) atoms. The van der Waals surface area contributed by atoms with E-state index in [4.69, 9.17) is 10.5 Å². The highest BCUT2D eigenvalue weighted by atomic mass is 16.5.